The van der Waals surface area contributed by atoms with E-state index in [1.807, 2.05) is 0 Å². The molecule has 0 aliphatic rings. The molecule has 0 aromatic heterocycles. The third-order valence-corrected chi connectivity index (χ3v) is 1.26. The Morgan fingerprint density at radius 1 is 1.22 bits per heavy atom. The van der Waals surface area contributed by atoms with Gasteiger partial charge in [-0.15, -0.1) is 0 Å². The molecule has 2 nitrogen and oxygen atoms in total. The normalized spacial score (nSPS) is 9.11. The van der Waals surface area contributed by atoms with Crippen LogP contribution in [-0.4, -0.2) is 5.71 Å². The van der Waals surface area contributed by atoms with Gasteiger partial charge in [0.25, 0.3) is 0 Å². The monoisotopic (exact) mass is 128 g/mol. The summed E-state index contributed by atoms with van der Waals surface area (Å²) in [6, 6.07) is 0. The fraction of sp³-hybridized carbons (Fsp3) is 0.857. The van der Waals surface area contributed by atoms with Crippen molar-refractivity contribution in [2.75, 3.05) is 0 Å². The highest BCUT2D eigenvalue weighted by molar-refractivity contribution is 5.83. The van der Waals surface area contributed by atoms with Crippen molar-refractivity contribution in [1.29, 1.82) is 0 Å². The topological polar surface area (TPSA) is 38.4 Å². The maximum Gasteiger partial charge on any atom is 0.0375 e. The van der Waals surface area contributed by atoms with Crippen LogP contribution in [0.25, 0.3) is 0 Å². The first-order valence-electron chi connectivity index (χ1n) is 3.60. The lowest BCUT2D eigenvalue weighted by Crippen LogP contribution is -2.00. The van der Waals surface area contributed by atoms with Crippen LogP contribution < -0.4 is 5.84 Å². The highest BCUT2D eigenvalue weighted by Crippen LogP contribution is 1.98. The molecule has 9 heavy (non-hydrogen) atoms. The van der Waals surface area contributed by atoms with Crippen molar-refractivity contribution in [3.8, 4) is 0 Å². The van der Waals surface area contributed by atoms with Gasteiger partial charge < -0.3 is 5.84 Å². The zero-order chi connectivity index (χ0) is 7.11. The molecule has 0 bridgehead atoms. The molecule has 0 aromatic carbocycles. The second-order valence-electron chi connectivity index (χ2n) is 2.20. The molecule has 0 saturated heterocycles. The molecule has 0 spiro atoms. The summed E-state index contributed by atoms with van der Waals surface area (Å²) in [5.74, 6) is 5.13. The zero-order valence-electron chi connectivity index (χ0n) is 6.35. The number of hydrogen-bond donors (Lipinski definition) is 1. The molecule has 0 aliphatic heterocycles. The quantitative estimate of drug-likeness (QED) is 0.350. The van der Waals surface area contributed by atoms with Gasteiger partial charge in [-0.2, -0.15) is 5.10 Å². The van der Waals surface area contributed by atoms with Gasteiger partial charge in [0.1, 0.15) is 0 Å². The molecule has 0 rings (SSSR count). The van der Waals surface area contributed by atoms with Crippen molar-refractivity contribution in [3.63, 3.8) is 0 Å². The lowest BCUT2D eigenvalue weighted by Gasteiger charge is -1.98. The van der Waals surface area contributed by atoms with Crippen LogP contribution in [0.4, 0.5) is 0 Å². The molecule has 0 radical (unpaired) electrons. The molecular formula is C7H16N2. The van der Waals surface area contributed by atoms with Crippen LogP contribution in [0.5, 0.6) is 0 Å². The fourth-order valence-corrected chi connectivity index (χ4v) is 0.831. The predicted octanol–water partition coefficient (Wildman–Crippen LogP) is 1.90. The highest BCUT2D eigenvalue weighted by Gasteiger charge is 1.93. The van der Waals surface area contributed by atoms with Crippen LogP contribution in [0.2, 0.25) is 0 Å². The average molecular weight is 128 g/mol. The summed E-state index contributed by atoms with van der Waals surface area (Å²) < 4.78 is 0. The van der Waals surface area contributed by atoms with Crippen LogP contribution in [0.1, 0.15) is 39.5 Å². The van der Waals surface area contributed by atoms with Gasteiger partial charge in [-0.05, 0) is 12.8 Å². The summed E-state index contributed by atoms with van der Waals surface area (Å²) in [6.45, 7) is 4.28. The molecule has 0 unspecified atom stereocenters. The van der Waals surface area contributed by atoms with Crippen molar-refractivity contribution in [2.45, 2.75) is 39.5 Å². The van der Waals surface area contributed by atoms with E-state index in [4.69, 9.17) is 5.84 Å². The molecule has 2 heteroatoms. The van der Waals surface area contributed by atoms with Crippen LogP contribution in [0.3, 0.4) is 0 Å². The summed E-state index contributed by atoms with van der Waals surface area (Å²) in [5, 5.41) is 3.68. The summed E-state index contributed by atoms with van der Waals surface area (Å²) in [6.07, 6.45) is 4.42. The predicted molar refractivity (Wildman–Crippen MR) is 41.4 cm³/mol. The summed E-state index contributed by atoms with van der Waals surface area (Å²) in [7, 11) is 0. The Morgan fingerprint density at radius 3 is 1.89 bits per heavy atom. The van der Waals surface area contributed by atoms with Gasteiger partial charge in [0.2, 0.25) is 0 Å². The second-order valence-corrected chi connectivity index (χ2v) is 2.20. The van der Waals surface area contributed by atoms with E-state index in [0.717, 1.165) is 31.4 Å². The Morgan fingerprint density at radius 2 is 1.67 bits per heavy atom. The molecule has 2 N–H and O–H groups in total. The molecule has 0 fully saturated rings. The van der Waals surface area contributed by atoms with Crippen LogP contribution in [0, 0.1) is 0 Å². The second kappa shape index (κ2) is 5.60. The number of nitrogens with zero attached hydrogens (tertiary/aromatic N) is 1. The number of hydrogen-bond acceptors (Lipinski definition) is 2. The first kappa shape index (κ1) is 8.47. The largest absolute Gasteiger partial charge is 0.323 e. The maximum atomic E-state index is 5.13. The zero-order valence-corrected chi connectivity index (χ0v) is 6.35. The molecule has 0 heterocycles. The third-order valence-electron chi connectivity index (χ3n) is 1.26. The minimum Gasteiger partial charge on any atom is -0.323 e. The van der Waals surface area contributed by atoms with E-state index in [1.54, 1.807) is 0 Å². The lowest BCUT2D eigenvalue weighted by molar-refractivity contribution is 0.903. The molecule has 0 amide bonds. The Kier molecular flexibility index (Phi) is 5.27. The van der Waals surface area contributed by atoms with E-state index >= 15 is 0 Å². The molecule has 54 valence electrons. The Hall–Kier alpha value is -0.530. The van der Waals surface area contributed by atoms with Gasteiger partial charge in [-0.25, -0.2) is 0 Å². The van der Waals surface area contributed by atoms with Gasteiger partial charge in [-0.1, -0.05) is 26.7 Å². The number of nitrogens with two attached hydrogens (primary N) is 1. The van der Waals surface area contributed by atoms with E-state index < -0.39 is 0 Å². The Balaban J connectivity index is 3.43. The number of rotatable bonds is 4. The minimum absolute atomic E-state index is 1.06. The standard InChI is InChI=1S/C7H16N2/c1-3-5-7(9-8)6-4-2/h3-6,8H2,1-2H3. The van der Waals surface area contributed by atoms with Crippen molar-refractivity contribution in [3.05, 3.63) is 0 Å². The van der Waals surface area contributed by atoms with Gasteiger partial charge in [0.05, 0.1) is 0 Å². The van der Waals surface area contributed by atoms with Crippen LogP contribution in [-0.2, 0) is 0 Å². The fourth-order valence-electron chi connectivity index (χ4n) is 0.831. The maximum absolute atomic E-state index is 5.13. The molecule has 0 aliphatic carbocycles. The average Bonchev–Trinajstić information content (AvgIpc) is 1.88. The van der Waals surface area contributed by atoms with Gasteiger partial charge >= 0.3 is 0 Å². The smallest absolute Gasteiger partial charge is 0.0375 e. The van der Waals surface area contributed by atoms with Crippen molar-refractivity contribution in [1.82, 2.24) is 0 Å². The first-order valence-corrected chi connectivity index (χ1v) is 3.60. The van der Waals surface area contributed by atoms with E-state index in [9.17, 15) is 0 Å². The highest BCUT2D eigenvalue weighted by atomic mass is 15.1. The lowest BCUT2D eigenvalue weighted by atomic mass is 10.1. The number of hydrazone groups is 1. The van der Waals surface area contributed by atoms with E-state index in [2.05, 4.69) is 18.9 Å². The van der Waals surface area contributed by atoms with Crippen LogP contribution in [0.15, 0.2) is 5.10 Å². The van der Waals surface area contributed by atoms with Gasteiger partial charge in [-0.3, -0.25) is 0 Å². The van der Waals surface area contributed by atoms with E-state index in [1.165, 1.54) is 0 Å². The third kappa shape index (κ3) is 4.01. The summed E-state index contributed by atoms with van der Waals surface area (Å²) in [5.41, 5.74) is 1.15. The van der Waals surface area contributed by atoms with E-state index in [-0.39, 0.29) is 0 Å². The molecular weight excluding hydrogens is 112 g/mol. The van der Waals surface area contributed by atoms with Crippen molar-refractivity contribution in [2.24, 2.45) is 10.9 Å². The Bertz CT molecular complexity index is 78.9. The van der Waals surface area contributed by atoms with Gasteiger partial charge in [0.15, 0.2) is 0 Å². The molecule has 0 atom stereocenters. The van der Waals surface area contributed by atoms with Gasteiger partial charge in [0, 0.05) is 5.71 Å². The molecule has 0 saturated carbocycles. The summed E-state index contributed by atoms with van der Waals surface area (Å²) in [4.78, 5) is 0. The minimum atomic E-state index is 1.06. The van der Waals surface area contributed by atoms with E-state index in [0.29, 0.717) is 0 Å². The summed E-state index contributed by atoms with van der Waals surface area (Å²) >= 11 is 0. The van der Waals surface area contributed by atoms with Crippen molar-refractivity contribution < 1.29 is 0 Å². The first-order chi connectivity index (χ1) is 4.35. The van der Waals surface area contributed by atoms with Crippen LogP contribution >= 0.6 is 0 Å². The SMILES string of the molecule is CCCC(CCC)=NN. The Labute approximate surface area is 57.1 Å². The van der Waals surface area contributed by atoms with Crippen molar-refractivity contribution >= 4 is 5.71 Å². The molecule has 0 aromatic rings.